The van der Waals surface area contributed by atoms with Gasteiger partial charge in [-0.15, -0.1) is 10.2 Å². The van der Waals surface area contributed by atoms with Gasteiger partial charge in [-0.2, -0.15) is 0 Å². The lowest BCUT2D eigenvalue weighted by atomic mass is 10.0. The van der Waals surface area contributed by atoms with Crippen LogP contribution >= 0.6 is 11.8 Å². The third-order valence-electron chi connectivity index (χ3n) is 3.58. The van der Waals surface area contributed by atoms with Crippen molar-refractivity contribution in [2.24, 2.45) is 5.92 Å². The maximum Gasteiger partial charge on any atom is 0.191 e. The van der Waals surface area contributed by atoms with E-state index in [-0.39, 0.29) is 6.61 Å². The molecule has 6 heteroatoms. The van der Waals surface area contributed by atoms with E-state index in [1.54, 1.807) is 11.8 Å². The molecule has 0 aromatic carbocycles. The molecule has 18 heavy (non-hydrogen) atoms. The van der Waals surface area contributed by atoms with Crippen molar-refractivity contribution in [3.63, 3.8) is 0 Å². The lowest BCUT2D eigenvalue weighted by Crippen LogP contribution is -2.17. The summed E-state index contributed by atoms with van der Waals surface area (Å²) in [4.78, 5) is 0. The Morgan fingerprint density at radius 2 is 2.00 bits per heavy atom. The number of hydrogen-bond donors (Lipinski definition) is 1. The second kappa shape index (κ2) is 5.59. The van der Waals surface area contributed by atoms with Crippen LogP contribution in [-0.2, 0) is 11.3 Å². The molecular formula is C12H19N3O2S. The fraction of sp³-hybridized carbons (Fsp3) is 0.833. The zero-order valence-electron chi connectivity index (χ0n) is 10.4. The van der Waals surface area contributed by atoms with Crippen molar-refractivity contribution >= 4 is 11.8 Å². The molecule has 2 heterocycles. The van der Waals surface area contributed by atoms with Gasteiger partial charge in [0, 0.05) is 25.0 Å². The monoisotopic (exact) mass is 269 g/mol. The number of aliphatic hydroxyl groups is 1. The van der Waals surface area contributed by atoms with Gasteiger partial charge in [-0.05, 0) is 31.6 Å². The fourth-order valence-corrected chi connectivity index (χ4v) is 3.53. The lowest BCUT2D eigenvalue weighted by Gasteiger charge is -2.21. The number of ether oxygens (including phenoxy) is 1. The second-order valence-corrected chi connectivity index (χ2v) is 6.01. The van der Waals surface area contributed by atoms with Crippen molar-refractivity contribution < 1.29 is 9.84 Å². The van der Waals surface area contributed by atoms with Gasteiger partial charge in [0.15, 0.2) is 11.0 Å². The van der Waals surface area contributed by atoms with Crippen LogP contribution in [0.25, 0.3) is 0 Å². The Kier molecular flexibility index (Phi) is 3.86. The summed E-state index contributed by atoms with van der Waals surface area (Å²) in [6.45, 7) is 1.77. The van der Waals surface area contributed by atoms with Gasteiger partial charge in [0.1, 0.15) is 6.61 Å². The van der Waals surface area contributed by atoms with Gasteiger partial charge in [0.05, 0.1) is 0 Å². The molecule has 0 unspecified atom stereocenters. The Balaban J connectivity index is 1.63. The molecule has 1 saturated heterocycles. The van der Waals surface area contributed by atoms with Crippen LogP contribution < -0.4 is 0 Å². The van der Waals surface area contributed by atoms with Crippen molar-refractivity contribution in [3.05, 3.63) is 5.82 Å². The first-order chi connectivity index (χ1) is 8.88. The molecule has 2 fully saturated rings. The Labute approximate surface area is 111 Å². The highest BCUT2D eigenvalue weighted by atomic mass is 32.2. The largest absolute Gasteiger partial charge is 0.388 e. The first-order valence-corrected chi connectivity index (χ1v) is 7.62. The molecule has 0 atom stereocenters. The predicted octanol–water partition coefficient (Wildman–Crippen LogP) is 1.62. The Morgan fingerprint density at radius 3 is 2.67 bits per heavy atom. The van der Waals surface area contributed by atoms with Gasteiger partial charge in [0.25, 0.3) is 0 Å². The van der Waals surface area contributed by atoms with Crippen LogP contribution in [0.5, 0.6) is 0 Å². The second-order valence-electron chi connectivity index (χ2n) is 5.02. The summed E-state index contributed by atoms with van der Waals surface area (Å²) < 4.78 is 7.50. The molecule has 0 bridgehead atoms. The SMILES string of the molecule is OCc1nnc(SCC2CCOCC2)n1C1CC1. The highest BCUT2D eigenvalue weighted by molar-refractivity contribution is 7.99. The number of aliphatic hydroxyl groups excluding tert-OH is 1. The van der Waals surface area contributed by atoms with Gasteiger partial charge in [-0.3, -0.25) is 0 Å². The Morgan fingerprint density at radius 1 is 1.22 bits per heavy atom. The zero-order chi connectivity index (χ0) is 12.4. The average Bonchev–Trinajstić information content (AvgIpc) is 3.18. The third-order valence-corrected chi connectivity index (χ3v) is 4.75. The highest BCUT2D eigenvalue weighted by Gasteiger charge is 2.29. The van der Waals surface area contributed by atoms with E-state index >= 15 is 0 Å². The molecule has 100 valence electrons. The molecule has 0 radical (unpaired) electrons. The summed E-state index contributed by atoms with van der Waals surface area (Å²) in [7, 11) is 0. The molecule has 1 aromatic rings. The van der Waals surface area contributed by atoms with Crippen LogP contribution in [0.4, 0.5) is 0 Å². The molecule has 1 saturated carbocycles. The van der Waals surface area contributed by atoms with Gasteiger partial charge >= 0.3 is 0 Å². The van der Waals surface area contributed by atoms with Crippen LogP contribution in [0.2, 0.25) is 0 Å². The van der Waals surface area contributed by atoms with E-state index in [1.165, 1.54) is 12.8 Å². The average molecular weight is 269 g/mol. The van der Waals surface area contributed by atoms with E-state index in [4.69, 9.17) is 4.74 Å². The smallest absolute Gasteiger partial charge is 0.191 e. The van der Waals surface area contributed by atoms with E-state index in [9.17, 15) is 5.11 Å². The molecule has 2 aliphatic rings. The van der Waals surface area contributed by atoms with Crippen LogP contribution in [0, 0.1) is 5.92 Å². The molecule has 1 aliphatic heterocycles. The van der Waals surface area contributed by atoms with Gasteiger partial charge in [0.2, 0.25) is 0 Å². The lowest BCUT2D eigenvalue weighted by molar-refractivity contribution is 0.0727. The maximum atomic E-state index is 9.28. The molecule has 3 rings (SSSR count). The van der Waals surface area contributed by atoms with Crippen molar-refractivity contribution in [2.75, 3.05) is 19.0 Å². The van der Waals surface area contributed by atoms with Crippen LogP contribution in [-0.4, -0.2) is 38.8 Å². The summed E-state index contributed by atoms with van der Waals surface area (Å²) in [5.74, 6) is 2.53. The van der Waals surface area contributed by atoms with E-state index < -0.39 is 0 Å². The van der Waals surface area contributed by atoms with E-state index in [1.807, 2.05) is 0 Å². The first kappa shape index (κ1) is 12.4. The van der Waals surface area contributed by atoms with E-state index in [2.05, 4.69) is 14.8 Å². The molecule has 0 amide bonds. The van der Waals surface area contributed by atoms with E-state index in [0.29, 0.717) is 11.9 Å². The molecule has 5 nitrogen and oxygen atoms in total. The minimum Gasteiger partial charge on any atom is -0.388 e. The van der Waals surface area contributed by atoms with E-state index in [0.717, 1.165) is 42.9 Å². The van der Waals surface area contributed by atoms with Crippen molar-refractivity contribution in [1.82, 2.24) is 14.8 Å². The van der Waals surface area contributed by atoms with Crippen LogP contribution in [0.1, 0.15) is 37.5 Å². The Hall–Kier alpha value is -0.590. The van der Waals surface area contributed by atoms with Gasteiger partial charge in [-0.25, -0.2) is 0 Å². The normalized spacial score (nSPS) is 21.4. The molecule has 1 N–H and O–H groups in total. The van der Waals surface area contributed by atoms with Crippen LogP contribution in [0.3, 0.4) is 0 Å². The minimum atomic E-state index is -0.0126. The summed E-state index contributed by atoms with van der Waals surface area (Å²) in [5, 5.41) is 18.6. The van der Waals surface area contributed by atoms with Crippen LogP contribution in [0.15, 0.2) is 5.16 Å². The summed E-state index contributed by atoms with van der Waals surface area (Å²) >= 11 is 1.78. The number of aromatic nitrogens is 3. The molecule has 1 aromatic heterocycles. The number of hydrogen-bond acceptors (Lipinski definition) is 5. The highest BCUT2D eigenvalue weighted by Crippen LogP contribution is 2.39. The minimum absolute atomic E-state index is 0.0126. The van der Waals surface area contributed by atoms with Gasteiger partial charge < -0.3 is 14.4 Å². The predicted molar refractivity (Wildman–Crippen MR) is 68.5 cm³/mol. The number of thioether (sulfide) groups is 1. The summed E-state index contributed by atoms with van der Waals surface area (Å²) in [5.41, 5.74) is 0. The topological polar surface area (TPSA) is 60.2 Å². The number of rotatable bonds is 5. The molecular weight excluding hydrogens is 250 g/mol. The van der Waals surface area contributed by atoms with Crippen molar-refractivity contribution in [2.45, 2.75) is 43.5 Å². The summed E-state index contributed by atoms with van der Waals surface area (Å²) in [6.07, 6.45) is 4.68. The third kappa shape index (κ3) is 2.70. The number of nitrogens with zero attached hydrogens (tertiary/aromatic N) is 3. The molecule has 1 aliphatic carbocycles. The maximum absolute atomic E-state index is 9.28. The van der Waals surface area contributed by atoms with Gasteiger partial charge in [-0.1, -0.05) is 11.8 Å². The molecule has 0 spiro atoms. The van der Waals surface area contributed by atoms with Crippen molar-refractivity contribution in [3.8, 4) is 0 Å². The fourth-order valence-electron chi connectivity index (χ4n) is 2.32. The Bertz CT molecular complexity index is 400. The first-order valence-electron chi connectivity index (χ1n) is 6.63. The van der Waals surface area contributed by atoms with Crippen molar-refractivity contribution in [1.29, 1.82) is 0 Å². The quantitative estimate of drug-likeness (QED) is 0.823. The zero-order valence-corrected chi connectivity index (χ0v) is 11.2. The standard InChI is InChI=1S/C12H19N3O2S/c16-7-11-13-14-12(15(11)10-1-2-10)18-8-9-3-5-17-6-4-9/h9-10,16H,1-8H2. The summed E-state index contributed by atoms with van der Waals surface area (Å²) in [6, 6.07) is 0.527.